The number of nitrogens with one attached hydrogen (secondary N) is 2. The molecule has 0 aromatic heterocycles. The van der Waals surface area contributed by atoms with Gasteiger partial charge in [-0.05, 0) is 42.2 Å². The molecule has 0 saturated carbocycles. The van der Waals surface area contributed by atoms with Gasteiger partial charge < -0.3 is 10.6 Å². The molecule has 0 spiro atoms. The number of rotatable bonds is 3. The van der Waals surface area contributed by atoms with Crippen molar-refractivity contribution in [3.05, 3.63) is 57.1 Å². The van der Waals surface area contributed by atoms with Crippen LogP contribution in [0.1, 0.15) is 16.7 Å². The first-order valence-corrected chi connectivity index (χ1v) is 7.45. The fourth-order valence-electron chi connectivity index (χ4n) is 2.53. The Balaban J connectivity index is 1.81. The van der Waals surface area contributed by atoms with Gasteiger partial charge in [0, 0.05) is 23.8 Å². The van der Waals surface area contributed by atoms with E-state index in [1.54, 1.807) is 0 Å². The molecule has 0 amide bonds. The smallest absolute Gasteiger partial charge is 0.0641 e. The number of halogens is 2. The van der Waals surface area contributed by atoms with Gasteiger partial charge in [0.1, 0.15) is 0 Å². The zero-order chi connectivity index (χ0) is 14.1. The van der Waals surface area contributed by atoms with E-state index >= 15 is 0 Å². The van der Waals surface area contributed by atoms with Crippen LogP contribution in [-0.2, 0) is 13.0 Å². The Bertz CT molecular complexity index is 653. The Hall–Kier alpha value is -1.38. The van der Waals surface area contributed by atoms with Crippen molar-refractivity contribution < 1.29 is 0 Å². The maximum Gasteiger partial charge on any atom is 0.0641 e. The predicted molar refractivity (Wildman–Crippen MR) is 87.2 cm³/mol. The molecule has 104 valence electrons. The van der Waals surface area contributed by atoms with Crippen LogP contribution in [0, 0.1) is 6.92 Å². The largest absolute Gasteiger partial charge is 0.384 e. The molecule has 3 rings (SSSR count). The molecule has 0 saturated heterocycles. The van der Waals surface area contributed by atoms with Crippen LogP contribution < -0.4 is 10.6 Å². The maximum atomic E-state index is 6.25. The lowest BCUT2D eigenvalue weighted by Gasteiger charge is -2.13. The summed E-state index contributed by atoms with van der Waals surface area (Å²) in [6.07, 6.45) is 1.10. The van der Waals surface area contributed by atoms with Crippen molar-refractivity contribution in [3.8, 4) is 0 Å². The molecule has 0 radical (unpaired) electrons. The minimum atomic E-state index is 0.701. The summed E-state index contributed by atoms with van der Waals surface area (Å²) in [5.74, 6) is 0. The second kappa shape index (κ2) is 5.55. The normalized spacial score (nSPS) is 12.9. The lowest BCUT2D eigenvalue weighted by Crippen LogP contribution is -2.03. The number of anilines is 2. The first-order valence-electron chi connectivity index (χ1n) is 6.69. The Morgan fingerprint density at radius 1 is 1.20 bits per heavy atom. The van der Waals surface area contributed by atoms with E-state index < -0.39 is 0 Å². The van der Waals surface area contributed by atoms with Crippen LogP contribution in [0.2, 0.25) is 10.0 Å². The van der Waals surface area contributed by atoms with Crippen molar-refractivity contribution in [1.29, 1.82) is 0 Å². The van der Waals surface area contributed by atoms with Gasteiger partial charge in [-0.2, -0.15) is 0 Å². The molecule has 20 heavy (non-hydrogen) atoms. The molecule has 4 heteroatoms. The van der Waals surface area contributed by atoms with E-state index in [1.165, 1.54) is 16.8 Å². The summed E-state index contributed by atoms with van der Waals surface area (Å²) in [4.78, 5) is 0. The molecule has 2 N–H and O–H groups in total. The van der Waals surface area contributed by atoms with E-state index in [2.05, 4.69) is 28.8 Å². The Morgan fingerprint density at radius 2 is 2.05 bits per heavy atom. The molecule has 1 aliphatic rings. The number of aryl methyl sites for hydroxylation is 1. The standard InChI is InChI=1S/C16H16Cl2N2/c1-10-7-14(18)15(8-13(10)17)20-9-12-4-2-3-11-5-6-19-16(11)12/h2-4,7-8,19-20H,5-6,9H2,1H3. The van der Waals surface area contributed by atoms with Gasteiger partial charge in [0.2, 0.25) is 0 Å². The van der Waals surface area contributed by atoms with Gasteiger partial charge in [-0.15, -0.1) is 0 Å². The number of para-hydroxylation sites is 1. The number of benzene rings is 2. The average molecular weight is 307 g/mol. The highest BCUT2D eigenvalue weighted by Gasteiger charge is 2.13. The third kappa shape index (κ3) is 2.58. The van der Waals surface area contributed by atoms with Gasteiger partial charge in [0.05, 0.1) is 10.7 Å². The van der Waals surface area contributed by atoms with Crippen LogP contribution in [0.5, 0.6) is 0 Å². The minimum Gasteiger partial charge on any atom is -0.384 e. The molecule has 2 nitrogen and oxygen atoms in total. The SMILES string of the molecule is Cc1cc(Cl)c(NCc2cccc3c2NCC3)cc1Cl. The van der Waals surface area contributed by atoms with Gasteiger partial charge in [-0.25, -0.2) is 0 Å². The minimum absolute atomic E-state index is 0.701. The Morgan fingerprint density at radius 3 is 2.90 bits per heavy atom. The fraction of sp³-hybridized carbons (Fsp3) is 0.250. The molecule has 1 aliphatic heterocycles. The van der Waals surface area contributed by atoms with E-state index in [0.717, 1.165) is 35.8 Å². The van der Waals surface area contributed by atoms with Gasteiger partial charge in [-0.1, -0.05) is 41.4 Å². The third-order valence-corrected chi connectivity index (χ3v) is 4.37. The van der Waals surface area contributed by atoms with E-state index in [4.69, 9.17) is 23.2 Å². The molecule has 0 fully saturated rings. The van der Waals surface area contributed by atoms with Crippen LogP contribution in [0.15, 0.2) is 30.3 Å². The summed E-state index contributed by atoms with van der Waals surface area (Å²) in [5, 5.41) is 8.24. The van der Waals surface area contributed by atoms with Crippen molar-refractivity contribution in [3.63, 3.8) is 0 Å². The van der Waals surface area contributed by atoms with Gasteiger partial charge in [0.25, 0.3) is 0 Å². The Labute approximate surface area is 129 Å². The molecule has 0 atom stereocenters. The summed E-state index contributed by atoms with van der Waals surface area (Å²) < 4.78 is 0. The highest BCUT2D eigenvalue weighted by molar-refractivity contribution is 6.35. The van der Waals surface area contributed by atoms with Crippen LogP contribution >= 0.6 is 23.2 Å². The highest BCUT2D eigenvalue weighted by atomic mass is 35.5. The Kier molecular flexibility index (Phi) is 3.77. The van der Waals surface area contributed by atoms with E-state index in [1.807, 2.05) is 19.1 Å². The van der Waals surface area contributed by atoms with Gasteiger partial charge in [-0.3, -0.25) is 0 Å². The lowest BCUT2D eigenvalue weighted by atomic mass is 10.1. The fourth-order valence-corrected chi connectivity index (χ4v) is 2.98. The molecular formula is C16H16Cl2N2. The zero-order valence-corrected chi connectivity index (χ0v) is 12.8. The first kappa shape index (κ1) is 13.6. The monoisotopic (exact) mass is 306 g/mol. The lowest BCUT2D eigenvalue weighted by molar-refractivity contribution is 1.11. The second-order valence-electron chi connectivity index (χ2n) is 5.06. The van der Waals surface area contributed by atoms with Gasteiger partial charge in [0.15, 0.2) is 0 Å². The van der Waals surface area contributed by atoms with Crippen molar-refractivity contribution in [2.45, 2.75) is 19.9 Å². The summed E-state index contributed by atoms with van der Waals surface area (Å²) in [6, 6.07) is 10.2. The second-order valence-corrected chi connectivity index (χ2v) is 5.88. The van der Waals surface area contributed by atoms with E-state index in [9.17, 15) is 0 Å². The van der Waals surface area contributed by atoms with E-state index in [0.29, 0.717) is 5.02 Å². The molecule has 0 unspecified atom stereocenters. The van der Waals surface area contributed by atoms with Crippen molar-refractivity contribution >= 4 is 34.6 Å². The van der Waals surface area contributed by atoms with Crippen molar-refractivity contribution in [2.75, 3.05) is 17.2 Å². The molecule has 0 bridgehead atoms. The van der Waals surface area contributed by atoms with Crippen LogP contribution in [0.3, 0.4) is 0 Å². The molecule has 1 heterocycles. The number of hydrogen-bond donors (Lipinski definition) is 2. The molecule has 2 aromatic rings. The molecule has 0 aliphatic carbocycles. The maximum absolute atomic E-state index is 6.25. The van der Waals surface area contributed by atoms with Crippen molar-refractivity contribution in [1.82, 2.24) is 0 Å². The molecular weight excluding hydrogens is 291 g/mol. The highest BCUT2D eigenvalue weighted by Crippen LogP contribution is 2.31. The zero-order valence-electron chi connectivity index (χ0n) is 11.3. The third-order valence-electron chi connectivity index (χ3n) is 3.65. The summed E-state index contributed by atoms with van der Waals surface area (Å²) in [6.45, 7) is 3.70. The van der Waals surface area contributed by atoms with Crippen molar-refractivity contribution in [2.24, 2.45) is 0 Å². The summed E-state index contributed by atoms with van der Waals surface area (Å²) >= 11 is 12.4. The predicted octanol–water partition coefficient (Wildman–Crippen LogP) is 4.88. The first-order chi connectivity index (χ1) is 9.65. The number of hydrogen-bond acceptors (Lipinski definition) is 2. The summed E-state index contributed by atoms with van der Waals surface area (Å²) in [5.41, 5.74) is 5.77. The van der Waals surface area contributed by atoms with E-state index in [-0.39, 0.29) is 0 Å². The molecule has 2 aromatic carbocycles. The quantitative estimate of drug-likeness (QED) is 0.844. The van der Waals surface area contributed by atoms with Crippen LogP contribution in [-0.4, -0.2) is 6.54 Å². The number of fused-ring (bicyclic) bond motifs is 1. The van der Waals surface area contributed by atoms with Gasteiger partial charge >= 0.3 is 0 Å². The van der Waals surface area contributed by atoms with Crippen LogP contribution in [0.4, 0.5) is 11.4 Å². The average Bonchev–Trinajstić information content (AvgIpc) is 2.90. The van der Waals surface area contributed by atoms with Crippen LogP contribution in [0.25, 0.3) is 0 Å². The topological polar surface area (TPSA) is 24.1 Å². The summed E-state index contributed by atoms with van der Waals surface area (Å²) in [7, 11) is 0.